The number of hydrogen-bond donors (Lipinski definition) is 1. The van der Waals surface area contributed by atoms with Gasteiger partial charge in [-0.25, -0.2) is 8.42 Å². The number of nitro groups is 1. The summed E-state index contributed by atoms with van der Waals surface area (Å²) < 4.78 is 25.8. The van der Waals surface area contributed by atoms with E-state index in [0.717, 1.165) is 27.8 Å². The Balaban J connectivity index is 2.45. The Kier molecular flexibility index (Phi) is 6.08. The summed E-state index contributed by atoms with van der Waals surface area (Å²) in [5, 5.41) is 13.8. The number of rotatable bonds is 6. The number of anilines is 2. The van der Waals surface area contributed by atoms with Crippen molar-refractivity contribution in [3.8, 4) is 0 Å². The number of nitrogens with one attached hydrogen (secondary N) is 1. The second kappa shape index (κ2) is 7.97. The minimum atomic E-state index is -3.89. The van der Waals surface area contributed by atoms with Gasteiger partial charge in [-0.3, -0.25) is 19.2 Å². The van der Waals surface area contributed by atoms with Gasteiger partial charge in [0.2, 0.25) is 15.9 Å². The normalized spacial score (nSPS) is 12.3. The average Bonchev–Trinajstić information content (AvgIpc) is 2.57. The molecule has 0 aliphatic rings. The summed E-state index contributed by atoms with van der Waals surface area (Å²) in [6, 6.07) is 8.29. The van der Waals surface area contributed by atoms with Crippen LogP contribution in [-0.2, 0) is 14.8 Å². The summed E-state index contributed by atoms with van der Waals surface area (Å²) in [6.07, 6.45) is 0.964. The molecule has 2 rings (SSSR count). The molecule has 0 saturated heterocycles. The SMILES string of the molecule is Cc1ccc(NC(=O)C(C)N(c2cc([N+](=O)[O-])ccc2C)S(C)(=O)=O)c(C)c1. The average molecular weight is 405 g/mol. The van der Waals surface area contributed by atoms with Gasteiger partial charge in [-0.05, 0) is 44.9 Å². The molecule has 2 aromatic carbocycles. The molecule has 0 saturated carbocycles. The van der Waals surface area contributed by atoms with Crippen molar-refractivity contribution in [3.63, 3.8) is 0 Å². The summed E-state index contributed by atoms with van der Waals surface area (Å²) in [7, 11) is -3.89. The molecule has 9 heteroatoms. The third-order valence-electron chi connectivity index (χ3n) is 4.37. The summed E-state index contributed by atoms with van der Waals surface area (Å²) >= 11 is 0. The van der Waals surface area contributed by atoms with Gasteiger partial charge in [-0.2, -0.15) is 0 Å². The number of carbonyl (C=O) groups is 1. The number of non-ortho nitro benzene ring substituents is 1. The van der Waals surface area contributed by atoms with Gasteiger partial charge in [0.05, 0.1) is 16.9 Å². The van der Waals surface area contributed by atoms with Crippen molar-refractivity contribution in [2.45, 2.75) is 33.7 Å². The lowest BCUT2D eigenvalue weighted by molar-refractivity contribution is -0.384. The van der Waals surface area contributed by atoms with Crippen molar-refractivity contribution < 1.29 is 18.1 Å². The maximum atomic E-state index is 12.8. The van der Waals surface area contributed by atoms with Crippen LogP contribution in [0, 0.1) is 30.9 Å². The molecule has 0 heterocycles. The van der Waals surface area contributed by atoms with E-state index in [4.69, 9.17) is 0 Å². The number of nitrogens with zero attached hydrogens (tertiary/aromatic N) is 2. The zero-order valence-corrected chi connectivity index (χ0v) is 17.2. The van der Waals surface area contributed by atoms with Crippen molar-refractivity contribution in [1.82, 2.24) is 0 Å². The van der Waals surface area contributed by atoms with E-state index < -0.39 is 26.9 Å². The van der Waals surface area contributed by atoms with Crippen molar-refractivity contribution in [1.29, 1.82) is 0 Å². The second-order valence-electron chi connectivity index (χ2n) is 6.77. The van der Waals surface area contributed by atoms with E-state index in [1.807, 2.05) is 26.0 Å². The number of sulfonamides is 1. The number of amides is 1. The minimum absolute atomic E-state index is 0.0972. The van der Waals surface area contributed by atoms with Crippen LogP contribution in [0.25, 0.3) is 0 Å². The predicted octanol–water partition coefficient (Wildman–Crippen LogP) is 3.31. The van der Waals surface area contributed by atoms with Crippen molar-refractivity contribution >= 4 is 33.0 Å². The van der Waals surface area contributed by atoms with Crippen LogP contribution in [0.5, 0.6) is 0 Å². The highest BCUT2D eigenvalue weighted by atomic mass is 32.2. The summed E-state index contributed by atoms with van der Waals surface area (Å²) in [6.45, 7) is 6.84. The Morgan fingerprint density at radius 3 is 2.29 bits per heavy atom. The highest BCUT2D eigenvalue weighted by Crippen LogP contribution is 2.29. The lowest BCUT2D eigenvalue weighted by atomic mass is 10.1. The first kappa shape index (κ1) is 21.4. The summed E-state index contributed by atoms with van der Waals surface area (Å²) in [5.41, 5.74) is 2.80. The lowest BCUT2D eigenvalue weighted by Crippen LogP contribution is -2.45. The van der Waals surface area contributed by atoms with Gasteiger partial charge in [-0.15, -0.1) is 0 Å². The number of hydrogen-bond acceptors (Lipinski definition) is 5. The fraction of sp³-hybridized carbons (Fsp3) is 0.316. The van der Waals surface area contributed by atoms with Crippen molar-refractivity contribution in [2.24, 2.45) is 0 Å². The molecule has 150 valence electrons. The van der Waals surface area contributed by atoms with Gasteiger partial charge < -0.3 is 5.32 Å². The number of carbonyl (C=O) groups excluding carboxylic acids is 1. The standard InChI is InChI=1S/C19H23N3O5S/c1-12-6-9-17(14(3)10-12)20-19(23)15(4)21(28(5,26)27)18-11-16(22(24)25)8-7-13(18)2/h6-11,15H,1-5H3,(H,20,23). The maximum absolute atomic E-state index is 12.8. The fourth-order valence-electron chi connectivity index (χ4n) is 2.92. The molecule has 0 fully saturated rings. The molecule has 1 N–H and O–H groups in total. The summed E-state index contributed by atoms with van der Waals surface area (Å²) in [4.78, 5) is 23.3. The van der Waals surface area contributed by atoms with Gasteiger partial charge in [0.15, 0.2) is 0 Å². The van der Waals surface area contributed by atoms with Gasteiger partial charge >= 0.3 is 0 Å². The predicted molar refractivity (Wildman–Crippen MR) is 109 cm³/mol. The van der Waals surface area contributed by atoms with Gasteiger partial charge in [0, 0.05) is 17.8 Å². The minimum Gasteiger partial charge on any atom is -0.324 e. The zero-order chi connectivity index (χ0) is 21.2. The number of aryl methyl sites for hydroxylation is 3. The van der Waals surface area contributed by atoms with Crippen molar-refractivity contribution in [2.75, 3.05) is 15.9 Å². The highest BCUT2D eigenvalue weighted by molar-refractivity contribution is 7.92. The molecule has 1 amide bonds. The first-order chi connectivity index (χ1) is 12.9. The fourth-order valence-corrected chi connectivity index (χ4v) is 4.14. The van der Waals surface area contributed by atoms with Gasteiger partial charge in [0.1, 0.15) is 6.04 Å². The molecule has 0 aliphatic heterocycles. The zero-order valence-electron chi connectivity index (χ0n) is 16.4. The van der Waals surface area contributed by atoms with Crippen LogP contribution in [0.3, 0.4) is 0 Å². The van der Waals surface area contributed by atoms with E-state index >= 15 is 0 Å². The molecule has 8 nitrogen and oxygen atoms in total. The van der Waals surface area contributed by atoms with Crippen LogP contribution in [0.1, 0.15) is 23.6 Å². The Hall–Kier alpha value is -2.94. The second-order valence-corrected chi connectivity index (χ2v) is 8.63. The molecule has 0 spiro atoms. The van der Waals surface area contributed by atoms with Crippen LogP contribution in [-0.4, -0.2) is 31.5 Å². The number of nitro benzene ring substituents is 1. The van der Waals surface area contributed by atoms with E-state index in [1.54, 1.807) is 13.0 Å². The van der Waals surface area contributed by atoms with E-state index in [2.05, 4.69) is 5.32 Å². The van der Waals surface area contributed by atoms with Gasteiger partial charge in [-0.1, -0.05) is 23.8 Å². The first-order valence-corrected chi connectivity index (χ1v) is 10.4. The quantitative estimate of drug-likeness (QED) is 0.586. The Morgan fingerprint density at radius 1 is 1.11 bits per heavy atom. The topological polar surface area (TPSA) is 110 Å². The third-order valence-corrected chi connectivity index (χ3v) is 5.60. The molecule has 2 aromatic rings. The van der Waals surface area contributed by atoms with Crippen LogP contribution in [0.2, 0.25) is 0 Å². The van der Waals surface area contributed by atoms with E-state index in [1.165, 1.54) is 19.1 Å². The maximum Gasteiger partial charge on any atom is 0.271 e. The molecule has 1 unspecified atom stereocenters. The monoisotopic (exact) mass is 405 g/mol. The summed E-state index contributed by atoms with van der Waals surface area (Å²) in [5.74, 6) is -0.539. The van der Waals surface area contributed by atoms with E-state index in [9.17, 15) is 23.3 Å². The largest absolute Gasteiger partial charge is 0.324 e. The van der Waals surface area contributed by atoms with E-state index in [-0.39, 0.29) is 11.4 Å². The molecular weight excluding hydrogens is 382 g/mol. The molecule has 1 atom stereocenters. The molecule has 28 heavy (non-hydrogen) atoms. The van der Waals surface area contributed by atoms with Crippen LogP contribution in [0.4, 0.5) is 17.1 Å². The third kappa shape index (κ3) is 4.66. The Labute approximate surface area is 164 Å². The molecular formula is C19H23N3O5S. The highest BCUT2D eigenvalue weighted by Gasteiger charge is 2.31. The van der Waals surface area contributed by atoms with Crippen molar-refractivity contribution in [3.05, 3.63) is 63.2 Å². The van der Waals surface area contributed by atoms with Crippen LogP contribution < -0.4 is 9.62 Å². The van der Waals surface area contributed by atoms with E-state index in [0.29, 0.717) is 11.3 Å². The Bertz CT molecular complexity index is 1030. The van der Waals surface area contributed by atoms with Gasteiger partial charge in [0.25, 0.3) is 5.69 Å². The lowest BCUT2D eigenvalue weighted by Gasteiger charge is -2.29. The molecule has 0 radical (unpaired) electrons. The smallest absolute Gasteiger partial charge is 0.271 e. The molecule has 0 aromatic heterocycles. The first-order valence-electron chi connectivity index (χ1n) is 8.54. The molecule has 0 bridgehead atoms. The van der Waals surface area contributed by atoms with Crippen LogP contribution >= 0.6 is 0 Å². The molecule has 0 aliphatic carbocycles. The van der Waals surface area contributed by atoms with Crippen LogP contribution in [0.15, 0.2) is 36.4 Å². The Morgan fingerprint density at radius 2 is 1.75 bits per heavy atom. The number of benzene rings is 2.